The molecular formula is C13H18BOS2Y-. The number of rotatable bonds is 5. The third-order valence-corrected chi connectivity index (χ3v) is 5.46. The molecule has 1 aromatic rings. The topological polar surface area (TPSA) is 20.2 Å². The van der Waals surface area contributed by atoms with E-state index in [0.29, 0.717) is 23.4 Å². The number of hydrogen-bond acceptors (Lipinski definition) is 3. The van der Waals surface area contributed by atoms with Crippen molar-refractivity contribution in [2.75, 3.05) is 11.4 Å². The van der Waals surface area contributed by atoms with Gasteiger partial charge in [0.25, 0.3) is 0 Å². The molecule has 18 heavy (non-hydrogen) atoms. The molecule has 0 aromatic carbocycles. The van der Waals surface area contributed by atoms with E-state index in [0.717, 1.165) is 18.6 Å². The molecule has 3 radical (unpaired) electrons. The fourth-order valence-electron chi connectivity index (χ4n) is 2.84. The van der Waals surface area contributed by atoms with Crippen molar-refractivity contribution in [3.63, 3.8) is 0 Å². The molecule has 1 fully saturated rings. The van der Waals surface area contributed by atoms with Crippen LogP contribution in [0.15, 0.2) is 12.1 Å². The van der Waals surface area contributed by atoms with Crippen LogP contribution in [-0.2, 0) is 39.1 Å². The molecule has 4 atom stereocenters. The van der Waals surface area contributed by atoms with E-state index in [9.17, 15) is 5.11 Å². The Labute approximate surface area is 145 Å². The molecule has 0 saturated heterocycles. The molecule has 0 amide bonds. The van der Waals surface area contributed by atoms with Crippen LogP contribution < -0.4 is 0 Å². The summed E-state index contributed by atoms with van der Waals surface area (Å²) in [6, 6.07) is 4.13. The van der Waals surface area contributed by atoms with Crippen LogP contribution in [0.5, 0.6) is 0 Å². The molecule has 4 unspecified atom stereocenters. The Kier molecular flexibility index (Phi) is 8.10. The Morgan fingerprint density at radius 1 is 1.56 bits per heavy atom. The van der Waals surface area contributed by atoms with Crippen molar-refractivity contribution in [3.8, 4) is 0 Å². The fourth-order valence-corrected chi connectivity index (χ4v) is 4.42. The van der Waals surface area contributed by atoms with Gasteiger partial charge in [-0.2, -0.15) is 17.8 Å². The van der Waals surface area contributed by atoms with E-state index in [4.69, 9.17) is 7.85 Å². The first-order valence-corrected chi connectivity index (χ1v) is 8.10. The van der Waals surface area contributed by atoms with Crippen LogP contribution in [0.3, 0.4) is 0 Å². The molecule has 1 nitrogen and oxygen atoms in total. The molecule has 1 aliphatic rings. The molecule has 1 aromatic heterocycles. The Hall–Kier alpha value is 1.18. The summed E-state index contributed by atoms with van der Waals surface area (Å²) >= 11 is 3.44. The minimum Gasteiger partial charge on any atom is -0.393 e. The normalized spacial score (nSPS) is 31.2. The summed E-state index contributed by atoms with van der Waals surface area (Å²) in [5.74, 6) is 2.59. The Bertz CT molecular complexity index is 334. The maximum atomic E-state index is 10.1. The number of hydrogen-bond donors (Lipinski definition) is 1. The van der Waals surface area contributed by atoms with Gasteiger partial charge in [0.2, 0.25) is 0 Å². The molecule has 0 aliphatic heterocycles. The maximum absolute atomic E-state index is 10.1. The van der Waals surface area contributed by atoms with E-state index >= 15 is 0 Å². The molecule has 1 heterocycles. The second kappa shape index (κ2) is 8.46. The fraction of sp³-hybridized carbons (Fsp3) is 0.692. The molecule has 2 rings (SSSR count). The van der Waals surface area contributed by atoms with E-state index in [1.807, 2.05) is 6.07 Å². The van der Waals surface area contributed by atoms with Gasteiger partial charge < -0.3 is 16.4 Å². The van der Waals surface area contributed by atoms with Crippen molar-refractivity contribution in [1.29, 1.82) is 0 Å². The molecule has 5 heteroatoms. The Morgan fingerprint density at radius 3 is 2.94 bits per heavy atom. The van der Waals surface area contributed by atoms with Crippen molar-refractivity contribution in [2.45, 2.75) is 25.9 Å². The van der Waals surface area contributed by atoms with Gasteiger partial charge in [-0.3, -0.25) is 0 Å². The van der Waals surface area contributed by atoms with Gasteiger partial charge in [0.05, 0.1) is 14.0 Å². The summed E-state index contributed by atoms with van der Waals surface area (Å²) in [6.07, 6.45) is 1.88. The maximum Gasteiger partial charge on any atom is 0.0799 e. The molecule has 1 saturated carbocycles. The predicted molar refractivity (Wildman–Crippen MR) is 76.7 cm³/mol. The zero-order valence-corrected chi connectivity index (χ0v) is 15.2. The average molecular weight is 354 g/mol. The first-order valence-electron chi connectivity index (χ1n) is 6.13. The number of aliphatic hydroxyl groups is 1. The van der Waals surface area contributed by atoms with Gasteiger partial charge in [-0.1, -0.05) is 13.3 Å². The SMILES string of the molecule is [B]CSCC1C(O)CC(C)C1Cc1cc[c-]s1.[Y]. The zero-order valence-electron chi connectivity index (χ0n) is 10.7. The minimum atomic E-state index is -0.141. The number of thioether (sulfide) groups is 1. The van der Waals surface area contributed by atoms with Crippen molar-refractivity contribution >= 4 is 30.9 Å². The smallest absolute Gasteiger partial charge is 0.0799 e. The first kappa shape index (κ1) is 17.2. The minimum absolute atomic E-state index is 0. The third kappa shape index (κ3) is 4.34. The quantitative estimate of drug-likeness (QED) is 0.648. The monoisotopic (exact) mass is 354 g/mol. The second-order valence-electron chi connectivity index (χ2n) is 4.87. The average Bonchev–Trinajstić information content (AvgIpc) is 2.88. The largest absolute Gasteiger partial charge is 0.393 e. The first-order chi connectivity index (χ1) is 8.22. The zero-order chi connectivity index (χ0) is 12.3. The van der Waals surface area contributed by atoms with Gasteiger partial charge >= 0.3 is 0 Å². The van der Waals surface area contributed by atoms with Gasteiger partial charge in [-0.05, 0) is 35.6 Å². The van der Waals surface area contributed by atoms with Crippen LogP contribution in [0, 0.1) is 23.1 Å². The molecule has 95 valence electrons. The summed E-state index contributed by atoms with van der Waals surface area (Å²) in [5, 5.41) is 13.3. The van der Waals surface area contributed by atoms with Crippen molar-refractivity contribution in [1.82, 2.24) is 0 Å². The van der Waals surface area contributed by atoms with Crippen LogP contribution in [0.1, 0.15) is 18.2 Å². The van der Waals surface area contributed by atoms with Crippen molar-refractivity contribution in [3.05, 3.63) is 22.4 Å². The third-order valence-electron chi connectivity index (χ3n) is 3.78. The molecular weight excluding hydrogens is 336 g/mol. The second-order valence-corrected chi connectivity index (χ2v) is 6.91. The van der Waals surface area contributed by atoms with Gasteiger partial charge in [-0.15, -0.1) is 10.3 Å². The standard InChI is InChI=1S/C13H18BOS2.Y/c1-9-5-13(15)12(7-16-8-14)11(9)6-10-3-2-4-17-10;/h2-3,9,11-13,15H,5-8H2,1H3;/q-1;. The summed E-state index contributed by atoms with van der Waals surface area (Å²) in [7, 11) is 5.55. The Morgan fingerprint density at radius 2 is 2.33 bits per heavy atom. The van der Waals surface area contributed by atoms with E-state index in [2.05, 4.69) is 18.4 Å². The van der Waals surface area contributed by atoms with E-state index in [-0.39, 0.29) is 38.8 Å². The van der Waals surface area contributed by atoms with Gasteiger partial charge in [-0.25, -0.2) is 6.07 Å². The van der Waals surface area contributed by atoms with Crippen LogP contribution in [0.25, 0.3) is 0 Å². The summed E-state index contributed by atoms with van der Waals surface area (Å²) < 4.78 is 0. The van der Waals surface area contributed by atoms with E-state index in [1.54, 1.807) is 23.1 Å². The molecule has 0 spiro atoms. The van der Waals surface area contributed by atoms with Crippen molar-refractivity contribution < 1.29 is 37.8 Å². The Balaban J connectivity index is 0.00000162. The van der Waals surface area contributed by atoms with Crippen LogP contribution in [-0.4, -0.2) is 30.5 Å². The summed E-state index contributed by atoms with van der Waals surface area (Å²) in [6.45, 7) is 2.26. The van der Waals surface area contributed by atoms with Gasteiger partial charge in [0.15, 0.2) is 0 Å². The van der Waals surface area contributed by atoms with E-state index in [1.165, 1.54) is 4.88 Å². The summed E-state index contributed by atoms with van der Waals surface area (Å²) in [4.78, 5) is 1.39. The van der Waals surface area contributed by atoms with Crippen molar-refractivity contribution in [2.24, 2.45) is 17.8 Å². The predicted octanol–water partition coefficient (Wildman–Crippen LogP) is 2.58. The van der Waals surface area contributed by atoms with Crippen LogP contribution in [0.2, 0.25) is 0 Å². The van der Waals surface area contributed by atoms with Gasteiger partial charge in [0, 0.05) is 32.7 Å². The number of aliphatic hydroxyl groups excluding tert-OH is 1. The molecule has 0 bridgehead atoms. The van der Waals surface area contributed by atoms with Gasteiger partial charge in [0.1, 0.15) is 0 Å². The number of thiophene rings is 1. The van der Waals surface area contributed by atoms with Crippen LogP contribution >= 0.6 is 23.1 Å². The van der Waals surface area contributed by atoms with E-state index < -0.39 is 0 Å². The summed E-state index contributed by atoms with van der Waals surface area (Å²) in [5.41, 5.74) is 0.650. The van der Waals surface area contributed by atoms with Crippen LogP contribution in [0.4, 0.5) is 0 Å². The molecule has 1 N–H and O–H groups in total. The molecule has 1 aliphatic carbocycles.